The van der Waals surface area contributed by atoms with Crippen molar-refractivity contribution in [3.63, 3.8) is 0 Å². The van der Waals surface area contributed by atoms with E-state index in [1.165, 1.54) is 4.31 Å². The van der Waals surface area contributed by atoms with E-state index in [4.69, 9.17) is 11.6 Å². The Hall–Kier alpha value is -1.22. The number of anilines is 1. The minimum absolute atomic E-state index is 0.0321. The van der Waals surface area contributed by atoms with Gasteiger partial charge in [-0.25, -0.2) is 8.42 Å². The highest BCUT2D eigenvalue weighted by Crippen LogP contribution is 2.30. The van der Waals surface area contributed by atoms with Crippen molar-refractivity contribution in [2.45, 2.75) is 31.1 Å². The second-order valence-electron chi connectivity index (χ2n) is 6.98. The molecule has 1 aromatic heterocycles. The number of benzene rings is 1. The SMILES string of the molecule is CC(C)(C)c1nnc(N2CCN(S(=O)(=O)c3ccc(Cl)cc3)CC2)s1. The first-order valence-corrected chi connectivity index (χ1v) is 10.7. The molecule has 25 heavy (non-hydrogen) atoms. The molecule has 136 valence electrons. The van der Waals surface area contributed by atoms with Crippen LogP contribution in [0.1, 0.15) is 25.8 Å². The smallest absolute Gasteiger partial charge is 0.243 e. The summed E-state index contributed by atoms with van der Waals surface area (Å²) in [5.41, 5.74) is -0.0321. The molecule has 1 saturated heterocycles. The molecule has 0 bridgehead atoms. The summed E-state index contributed by atoms with van der Waals surface area (Å²) in [6.45, 7) is 8.37. The monoisotopic (exact) mass is 400 g/mol. The second-order valence-corrected chi connectivity index (χ2v) is 10.3. The average molecular weight is 401 g/mol. The first-order valence-electron chi connectivity index (χ1n) is 8.02. The number of aromatic nitrogens is 2. The van der Waals surface area contributed by atoms with Gasteiger partial charge in [-0.2, -0.15) is 4.31 Å². The molecule has 0 spiro atoms. The van der Waals surface area contributed by atoms with Crippen molar-refractivity contribution >= 4 is 38.1 Å². The van der Waals surface area contributed by atoms with Crippen LogP contribution in [0.15, 0.2) is 29.2 Å². The lowest BCUT2D eigenvalue weighted by Crippen LogP contribution is -2.48. The highest BCUT2D eigenvalue weighted by molar-refractivity contribution is 7.89. The lowest BCUT2D eigenvalue weighted by atomic mass is 9.98. The van der Waals surface area contributed by atoms with Gasteiger partial charge in [0.1, 0.15) is 5.01 Å². The van der Waals surface area contributed by atoms with Gasteiger partial charge in [0.05, 0.1) is 4.90 Å². The third kappa shape index (κ3) is 3.97. The molecule has 9 heteroatoms. The predicted molar refractivity (Wildman–Crippen MR) is 101 cm³/mol. The third-order valence-corrected chi connectivity index (χ3v) is 7.59. The molecular formula is C16H21ClN4O2S2. The number of halogens is 1. The van der Waals surface area contributed by atoms with Crippen LogP contribution in [0.3, 0.4) is 0 Å². The predicted octanol–water partition coefficient (Wildman–Crippen LogP) is 3.00. The molecule has 0 atom stereocenters. The Balaban J connectivity index is 1.69. The number of nitrogens with zero attached hydrogens (tertiary/aromatic N) is 4. The minimum Gasteiger partial charge on any atom is -0.344 e. The Kier molecular flexibility index (Phi) is 5.07. The van der Waals surface area contributed by atoms with Crippen molar-refractivity contribution in [2.75, 3.05) is 31.1 Å². The molecular weight excluding hydrogens is 380 g/mol. The van der Waals surface area contributed by atoms with Crippen molar-refractivity contribution in [1.82, 2.24) is 14.5 Å². The number of sulfonamides is 1. The first kappa shape index (κ1) is 18.6. The van der Waals surface area contributed by atoms with E-state index in [2.05, 4.69) is 35.9 Å². The summed E-state index contributed by atoms with van der Waals surface area (Å²) in [4.78, 5) is 2.37. The van der Waals surface area contributed by atoms with Crippen molar-refractivity contribution in [1.29, 1.82) is 0 Å². The topological polar surface area (TPSA) is 66.4 Å². The molecule has 6 nitrogen and oxygen atoms in total. The lowest BCUT2D eigenvalue weighted by molar-refractivity contribution is 0.384. The maximum absolute atomic E-state index is 12.7. The summed E-state index contributed by atoms with van der Waals surface area (Å²) in [5, 5.41) is 10.9. The van der Waals surface area contributed by atoms with E-state index in [9.17, 15) is 8.42 Å². The van der Waals surface area contributed by atoms with Crippen LogP contribution in [0.4, 0.5) is 5.13 Å². The summed E-state index contributed by atoms with van der Waals surface area (Å²) in [5.74, 6) is 0. The Bertz CT molecular complexity index is 836. The molecule has 3 rings (SSSR count). The second kappa shape index (κ2) is 6.83. The summed E-state index contributed by atoms with van der Waals surface area (Å²) >= 11 is 7.42. The first-order chi connectivity index (χ1) is 11.7. The Morgan fingerprint density at radius 2 is 1.64 bits per heavy atom. The zero-order valence-corrected chi connectivity index (χ0v) is 16.8. The van der Waals surface area contributed by atoms with Gasteiger partial charge in [-0.3, -0.25) is 0 Å². The van der Waals surface area contributed by atoms with E-state index in [1.807, 2.05) is 0 Å². The zero-order valence-electron chi connectivity index (χ0n) is 14.4. The van der Waals surface area contributed by atoms with Crippen LogP contribution in [-0.2, 0) is 15.4 Å². The number of piperazine rings is 1. The number of hydrogen-bond acceptors (Lipinski definition) is 6. The van der Waals surface area contributed by atoms with E-state index in [-0.39, 0.29) is 10.3 Å². The summed E-state index contributed by atoms with van der Waals surface area (Å²) in [6.07, 6.45) is 0. The lowest BCUT2D eigenvalue weighted by Gasteiger charge is -2.33. The number of rotatable bonds is 3. The van der Waals surface area contributed by atoms with Gasteiger partial charge in [-0.05, 0) is 24.3 Å². The van der Waals surface area contributed by atoms with E-state index in [0.717, 1.165) is 10.1 Å². The zero-order chi connectivity index (χ0) is 18.2. The Morgan fingerprint density at radius 1 is 1.04 bits per heavy atom. The maximum Gasteiger partial charge on any atom is 0.243 e. The minimum atomic E-state index is -3.49. The molecule has 0 radical (unpaired) electrons. The fourth-order valence-electron chi connectivity index (χ4n) is 2.52. The highest BCUT2D eigenvalue weighted by atomic mass is 35.5. The normalized spacial score (nSPS) is 17.0. The van der Waals surface area contributed by atoms with Crippen LogP contribution in [-0.4, -0.2) is 49.1 Å². The molecule has 1 aromatic carbocycles. The fourth-order valence-corrected chi connectivity index (χ4v) is 5.02. The molecule has 0 N–H and O–H groups in total. The molecule has 1 aliphatic rings. The summed E-state index contributed by atoms with van der Waals surface area (Å²) < 4.78 is 26.9. The van der Waals surface area contributed by atoms with Gasteiger partial charge in [0, 0.05) is 36.6 Å². The van der Waals surface area contributed by atoms with Gasteiger partial charge in [0.15, 0.2) is 0 Å². The van der Waals surface area contributed by atoms with Crippen LogP contribution >= 0.6 is 22.9 Å². The fraction of sp³-hybridized carbons (Fsp3) is 0.500. The molecule has 0 saturated carbocycles. The maximum atomic E-state index is 12.7. The quantitative estimate of drug-likeness (QED) is 0.792. The van der Waals surface area contributed by atoms with E-state index >= 15 is 0 Å². The standard InChI is InChI=1S/C16H21ClN4O2S2/c1-16(2,3)14-18-19-15(24-14)20-8-10-21(11-9-20)25(22,23)13-6-4-12(17)5-7-13/h4-7H,8-11H2,1-3H3. The van der Waals surface area contributed by atoms with Crippen LogP contribution < -0.4 is 4.90 Å². The molecule has 0 unspecified atom stereocenters. The summed E-state index contributed by atoms with van der Waals surface area (Å²) in [7, 11) is -3.49. The van der Waals surface area contributed by atoms with E-state index < -0.39 is 10.0 Å². The third-order valence-electron chi connectivity index (χ3n) is 4.02. The van der Waals surface area contributed by atoms with Gasteiger partial charge in [0.25, 0.3) is 0 Å². The molecule has 1 aliphatic heterocycles. The Morgan fingerprint density at radius 3 is 2.16 bits per heavy atom. The molecule has 0 aliphatic carbocycles. The van der Waals surface area contributed by atoms with Crippen LogP contribution in [0.2, 0.25) is 5.02 Å². The van der Waals surface area contributed by atoms with Gasteiger partial charge >= 0.3 is 0 Å². The van der Waals surface area contributed by atoms with Crippen LogP contribution in [0.5, 0.6) is 0 Å². The van der Waals surface area contributed by atoms with Crippen LogP contribution in [0, 0.1) is 0 Å². The molecule has 1 fully saturated rings. The van der Waals surface area contributed by atoms with Gasteiger partial charge in [-0.15, -0.1) is 10.2 Å². The van der Waals surface area contributed by atoms with Crippen LogP contribution in [0.25, 0.3) is 0 Å². The van der Waals surface area contributed by atoms with E-state index in [0.29, 0.717) is 31.2 Å². The molecule has 2 heterocycles. The average Bonchev–Trinajstić information content (AvgIpc) is 3.06. The molecule has 0 amide bonds. The number of hydrogen-bond donors (Lipinski definition) is 0. The summed E-state index contributed by atoms with van der Waals surface area (Å²) in [6, 6.07) is 6.29. The van der Waals surface area contributed by atoms with Crippen molar-refractivity contribution in [3.8, 4) is 0 Å². The highest BCUT2D eigenvalue weighted by Gasteiger charge is 2.30. The Labute approximate surface area is 157 Å². The van der Waals surface area contributed by atoms with Crippen molar-refractivity contribution in [2.24, 2.45) is 0 Å². The van der Waals surface area contributed by atoms with Crippen molar-refractivity contribution < 1.29 is 8.42 Å². The van der Waals surface area contributed by atoms with Gasteiger partial charge in [-0.1, -0.05) is 43.7 Å². The molecule has 2 aromatic rings. The van der Waals surface area contributed by atoms with Crippen molar-refractivity contribution in [3.05, 3.63) is 34.3 Å². The van der Waals surface area contributed by atoms with Gasteiger partial charge in [0.2, 0.25) is 15.2 Å². The van der Waals surface area contributed by atoms with E-state index in [1.54, 1.807) is 35.6 Å². The van der Waals surface area contributed by atoms with Gasteiger partial charge < -0.3 is 4.90 Å². The largest absolute Gasteiger partial charge is 0.344 e.